The molecule has 5 nitrogen and oxygen atoms in total. The minimum absolute atomic E-state index is 0.130. The predicted octanol–water partition coefficient (Wildman–Crippen LogP) is 1.07. The Kier molecular flexibility index (Phi) is 4.29. The molecule has 1 rings (SSSR count). The van der Waals surface area contributed by atoms with Gasteiger partial charge in [0.1, 0.15) is 0 Å². The Bertz CT molecular complexity index is 270. The third-order valence-corrected chi connectivity index (χ3v) is 2.92. The first-order chi connectivity index (χ1) is 7.50. The second-order valence-electron chi connectivity index (χ2n) is 4.29. The van der Waals surface area contributed by atoms with E-state index in [1.165, 1.54) is 6.92 Å². The van der Waals surface area contributed by atoms with E-state index in [1.807, 2.05) is 0 Å². The van der Waals surface area contributed by atoms with Gasteiger partial charge in [0.25, 0.3) is 0 Å². The Labute approximate surface area is 94.7 Å². The van der Waals surface area contributed by atoms with E-state index >= 15 is 0 Å². The van der Waals surface area contributed by atoms with Crippen molar-refractivity contribution in [1.29, 1.82) is 0 Å². The molecule has 1 saturated heterocycles. The highest BCUT2D eigenvalue weighted by molar-refractivity contribution is 5.98. The molecule has 0 aromatic rings. The smallest absolute Gasteiger partial charge is 0.323 e. The summed E-state index contributed by atoms with van der Waals surface area (Å²) in [4.78, 5) is 22.8. The zero-order valence-corrected chi connectivity index (χ0v) is 9.69. The molecule has 1 aliphatic heterocycles. The molecule has 2 unspecified atom stereocenters. The molecule has 92 valence electrons. The molecule has 2 atom stereocenters. The Balaban J connectivity index is 2.70. The van der Waals surface area contributed by atoms with Crippen LogP contribution in [-0.2, 0) is 19.1 Å². The van der Waals surface area contributed by atoms with Gasteiger partial charge in [0.05, 0.1) is 6.61 Å². The van der Waals surface area contributed by atoms with Crippen molar-refractivity contribution in [3.63, 3.8) is 0 Å². The average Bonchev–Trinajstić information content (AvgIpc) is 2.70. The lowest BCUT2D eigenvalue weighted by atomic mass is 9.80. The van der Waals surface area contributed by atoms with Crippen LogP contribution in [0, 0.1) is 11.3 Å². The maximum atomic E-state index is 11.7. The van der Waals surface area contributed by atoms with E-state index < -0.39 is 17.4 Å². The van der Waals surface area contributed by atoms with Crippen LogP contribution >= 0.6 is 0 Å². The summed E-state index contributed by atoms with van der Waals surface area (Å²) in [6.07, 6.45) is 1.09. The Morgan fingerprint density at radius 2 is 2.25 bits per heavy atom. The van der Waals surface area contributed by atoms with E-state index in [2.05, 4.69) is 0 Å². The molecule has 0 saturated carbocycles. The molecule has 1 fully saturated rings. The second-order valence-corrected chi connectivity index (χ2v) is 4.29. The number of esters is 1. The van der Waals surface area contributed by atoms with Gasteiger partial charge in [-0.3, -0.25) is 9.59 Å². The SMILES string of the molecule is CCOC(=O)C(C)(CC1CCOC1)C(=O)O. The van der Waals surface area contributed by atoms with E-state index in [1.54, 1.807) is 6.92 Å². The molecule has 0 aromatic carbocycles. The van der Waals surface area contributed by atoms with Gasteiger partial charge in [0.2, 0.25) is 0 Å². The number of carboxylic acids is 1. The molecule has 0 spiro atoms. The van der Waals surface area contributed by atoms with E-state index in [0.717, 1.165) is 6.42 Å². The molecular formula is C11H18O5. The minimum Gasteiger partial charge on any atom is -0.480 e. The van der Waals surface area contributed by atoms with Crippen LogP contribution in [0.25, 0.3) is 0 Å². The number of rotatable bonds is 5. The summed E-state index contributed by atoms with van der Waals surface area (Å²) >= 11 is 0. The van der Waals surface area contributed by atoms with Crippen LogP contribution in [-0.4, -0.2) is 36.9 Å². The van der Waals surface area contributed by atoms with E-state index in [0.29, 0.717) is 13.2 Å². The molecule has 0 bridgehead atoms. The van der Waals surface area contributed by atoms with Crippen LogP contribution in [0.1, 0.15) is 26.7 Å². The van der Waals surface area contributed by atoms with Gasteiger partial charge in [-0.2, -0.15) is 0 Å². The quantitative estimate of drug-likeness (QED) is 0.565. The molecule has 5 heteroatoms. The summed E-state index contributed by atoms with van der Waals surface area (Å²) < 4.78 is 10.00. The van der Waals surface area contributed by atoms with Crippen molar-refractivity contribution in [2.75, 3.05) is 19.8 Å². The van der Waals surface area contributed by atoms with Gasteiger partial charge < -0.3 is 14.6 Å². The molecule has 16 heavy (non-hydrogen) atoms. The zero-order chi connectivity index (χ0) is 12.2. The number of hydrogen-bond donors (Lipinski definition) is 1. The summed E-state index contributed by atoms with van der Waals surface area (Å²) in [6, 6.07) is 0. The summed E-state index contributed by atoms with van der Waals surface area (Å²) in [6.45, 7) is 4.46. The molecule has 0 aliphatic carbocycles. The van der Waals surface area contributed by atoms with Crippen molar-refractivity contribution < 1.29 is 24.2 Å². The number of carboxylic acid groups (broad SMARTS) is 1. The average molecular weight is 230 g/mol. The molecule has 1 N–H and O–H groups in total. The highest BCUT2D eigenvalue weighted by atomic mass is 16.5. The van der Waals surface area contributed by atoms with Crippen LogP contribution in [0.5, 0.6) is 0 Å². The van der Waals surface area contributed by atoms with Crippen molar-refractivity contribution in [3.05, 3.63) is 0 Å². The van der Waals surface area contributed by atoms with E-state index in [-0.39, 0.29) is 18.9 Å². The highest BCUT2D eigenvalue weighted by Crippen LogP contribution is 2.32. The van der Waals surface area contributed by atoms with E-state index in [4.69, 9.17) is 14.6 Å². The number of hydrogen-bond acceptors (Lipinski definition) is 4. The molecular weight excluding hydrogens is 212 g/mol. The highest BCUT2D eigenvalue weighted by Gasteiger charge is 2.45. The van der Waals surface area contributed by atoms with Gasteiger partial charge in [-0.25, -0.2) is 0 Å². The number of carbonyl (C=O) groups is 2. The summed E-state index contributed by atoms with van der Waals surface area (Å²) in [5.41, 5.74) is -1.45. The van der Waals surface area contributed by atoms with Gasteiger partial charge in [-0.05, 0) is 32.6 Å². The third-order valence-electron chi connectivity index (χ3n) is 2.92. The lowest BCUT2D eigenvalue weighted by molar-refractivity contribution is -0.168. The molecule has 0 aromatic heterocycles. The Hall–Kier alpha value is -1.10. The van der Waals surface area contributed by atoms with Gasteiger partial charge >= 0.3 is 11.9 Å². The summed E-state index contributed by atoms with van der Waals surface area (Å²) in [5, 5.41) is 9.15. The Morgan fingerprint density at radius 1 is 1.56 bits per heavy atom. The van der Waals surface area contributed by atoms with Gasteiger partial charge in [0, 0.05) is 13.2 Å². The zero-order valence-electron chi connectivity index (χ0n) is 9.69. The van der Waals surface area contributed by atoms with Crippen molar-refractivity contribution in [2.24, 2.45) is 11.3 Å². The maximum Gasteiger partial charge on any atom is 0.323 e. The largest absolute Gasteiger partial charge is 0.480 e. The normalized spacial score (nSPS) is 23.8. The standard InChI is InChI=1S/C11H18O5/c1-3-16-10(14)11(2,9(12)13)6-8-4-5-15-7-8/h8H,3-7H2,1-2H3,(H,12,13). The van der Waals surface area contributed by atoms with Gasteiger partial charge in [0.15, 0.2) is 5.41 Å². The number of aliphatic carboxylic acids is 1. The molecule has 1 heterocycles. The monoisotopic (exact) mass is 230 g/mol. The van der Waals surface area contributed by atoms with Crippen LogP contribution < -0.4 is 0 Å². The van der Waals surface area contributed by atoms with Crippen LogP contribution in [0.15, 0.2) is 0 Å². The maximum absolute atomic E-state index is 11.7. The predicted molar refractivity (Wildman–Crippen MR) is 55.9 cm³/mol. The minimum atomic E-state index is -1.45. The number of ether oxygens (including phenoxy) is 2. The fourth-order valence-electron chi connectivity index (χ4n) is 1.87. The fourth-order valence-corrected chi connectivity index (χ4v) is 1.87. The molecule has 0 amide bonds. The van der Waals surface area contributed by atoms with Crippen LogP contribution in [0.3, 0.4) is 0 Å². The van der Waals surface area contributed by atoms with Crippen LogP contribution in [0.4, 0.5) is 0 Å². The fraction of sp³-hybridized carbons (Fsp3) is 0.818. The van der Waals surface area contributed by atoms with Crippen molar-refractivity contribution in [1.82, 2.24) is 0 Å². The summed E-state index contributed by atoms with van der Waals surface area (Å²) in [5.74, 6) is -1.65. The first kappa shape index (κ1) is 13.0. The Morgan fingerprint density at radius 3 is 2.69 bits per heavy atom. The second kappa shape index (κ2) is 5.30. The van der Waals surface area contributed by atoms with E-state index in [9.17, 15) is 9.59 Å². The molecule has 1 aliphatic rings. The van der Waals surface area contributed by atoms with Crippen molar-refractivity contribution in [3.8, 4) is 0 Å². The summed E-state index contributed by atoms with van der Waals surface area (Å²) in [7, 11) is 0. The van der Waals surface area contributed by atoms with Crippen LogP contribution in [0.2, 0.25) is 0 Å². The topological polar surface area (TPSA) is 72.8 Å². The third kappa shape index (κ3) is 2.72. The van der Waals surface area contributed by atoms with Gasteiger partial charge in [-0.15, -0.1) is 0 Å². The first-order valence-corrected chi connectivity index (χ1v) is 5.49. The lowest BCUT2D eigenvalue weighted by Crippen LogP contribution is -2.39. The number of carbonyl (C=O) groups excluding carboxylic acids is 1. The lowest BCUT2D eigenvalue weighted by Gasteiger charge is -2.24. The van der Waals surface area contributed by atoms with Crippen molar-refractivity contribution in [2.45, 2.75) is 26.7 Å². The molecule has 0 radical (unpaired) electrons. The van der Waals surface area contributed by atoms with Crippen molar-refractivity contribution >= 4 is 11.9 Å². The van der Waals surface area contributed by atoms with Gasteiger partial charge in [-0.1, -0.05) is 0 Å². The first-order valence-electron chi connectivity index (χ1n) is 5.49.